The van der Waals surface area contributed by atoms with Crippen LogP contribution < -0.4 is 10.6 Å². The molecule has 0 amide bonds. The standard InChI is InChI=1S/C16H20N4O/c1-17-16(18-9-12-7-8-12)19-10-14-11-21-15(20-14)13-5-3-2-4-6-13/h2-6,11-12H,7-10H2,1H3,(H2,17,18,19). The van der Waals surface area contributed by atoms with Crippen molar-refractivity contribution in [1.29, 1.82) is 0 Å². The lowest BCUT2D eigenvalue weighted by Gasteiger charge is -2.09. The topological polar surface area (TPSA) is 62.5 Å². The molecule has 5 heteroatoms. The summed E-state index contributed by atoms with van der Waals surface area (Å²) in [5, 5.41) is 6.57. The van der Waals surface area contributed by atoms with Crippen molar-refractivity contribution in [3.8, 4) is 11.5 Å². The van der Waals surface area contributed by atoms with Crippen LogP contribution in [-0.2, 0) is 6.54 Å². The number of rotatable bonds is 5. The number of oxazole rings is 1. The summed E-state index contributed by atoms with van der Waals surface area (Å²) >= 11 is 0. The van der Waals surface area contributed by atoms with Crippen LogP contribution in [0.5, 0.6) is 0 Å². The molecule has 2 aromatic rings. The fourth-order valence-corrected chi connectivity index (χ4v) is 2.06. The normalized spacial score (nSPS) is 15.0. The van der Waals surface area contributed by atoms with Crippen LogP contribution >= 0.6 is 0 Å². The van der Waals surface area contributed by atoms with Gasteiger partial charge in [-0.1, -0.05) is 18.2 Å². The largest absolute Gasteiger partial charge is 0.444 e. The highest BCUT2D eigenvalue weighted by Gasteiger charge is 2.21. The van der Waals surface area contributed by atoms with Gasteiger partial charge in [0.15, 0.2) is 5.96 Å². The van der Waals surface area contributed by atoms with Crippen LogP contribution in [0.3, 0.4) is 0 Å². The predicted octanol–water partition coefficient (Wildman–Crippen LogP) is 2.42. The lowest BCUT2D eigenvalue weighted by molar-refractivity contribution is 0.572. The molecule has 0 aliphatic heterocycles. The Morgan fingerprint density at radius 3 is 2.81 bits per heavy atom. The van der Waals surface area contributed by atoms with Gasteiger partial charge in [-0.25, -0.2) is 4.98 Å². The van der Waals surface area contributed by atoms with Gasteiger partial charge in [-0.05, 0) is 30.9 Å². The Balaban J connectivity index is 1.54. The highest BCUT2D eigenvalue weighted by atomic mass is 16.3. The average molecular weight is 284 g/mol. The van der Waals surface area contributed by atoms with E-state index in [0.717, 1.165) is 29.7 Å². The number of nitrogens with one attached hydrogen (secondary N) is 2. The molecule has 1 aliphatic carbocycles. The van der Waals surface area contributed by atoms with Crippen molar-refractivity contribution in [2.45, 2.75) is 19.4 Å². The number of hydrogen-bond donors (Lipinski definition) is 2. The molecule has 0 bridgehead atoms. The van der Waals surface area contributed by atoms with Gasteiger partial charge >= 0.3 is 0 Å². The lowest BCUT2D eigenvalue weighted by Crippen LogP contribution is -2.37. The molecule has 1 heterocycles. The predicted molar refractivity (Wildman–Crippen MR) is 82.9 cm³/mol. The minimum Gasteiger partial charge on any atom is -0.444 e. The molecule has 1 aromatic carbocycles. The van der Waals surface area contributed by atoms with Gasteiger partial charge in [-0.15, -0.1) is 0 Å². The average Bonchev–Trinajstić information content (AvgIpc) is 3.24. The molecule has 1 fully saturated rings. The second kappa shape index (κ2) is 6.43. The number of hydrogen-bond acceptors (Lipinski definition) is 3. The monoisotopic (exact) mass is 284 g/mol. The maximum atomic E-state index is 5.51. The van der Waals surface area contributed by atoms with Gasteiger partial charge in [-0.3, -0.25) is 4.99 Å². The second-order valence-corrected chi connectivity index (χ2v) is 5.26. The van der Waals surface area contributed by atoms with Gasteiger partial charge in [0.05, 0.1) is 12.2 Å². The van der Waals surface area contributed by atoms with Gasteiger partial charge in [0.2, 0.25) is 5.89 Å². The highest BCUT2D eigenvalue weighted by molar-refractivity contribution is 5.79. The first-order valence-corrected chi connectivity index (χ1v) is 7.29. The van der Waals surface area contributed by atoms with E-state index >= 15 is 0 Å². The van der Waals surface area contributed by atoms with E-state index in [1.807, 2.05) is 30.3 Å². The summed E-state index contributed by atoms with van der Waals surface area (Å²) in [7, 11) is 1.78. The van der Waals surface area contributed by atoms with Crippen molar-refractivity contribution in [3.05, 3.63) is 42.3 Å². The van der Waals surface area contributed by atoms with Crippen molar-refractivity contribution in [2.75, 3.05) is 13.6 Å². The van der Waals surface area contributed by atoms with Crippen LogP contribution in [0.2, 0.25) is 0 Å². The molecule has 0 saturated heterocycles. The quantitative estimate of drug-likeness (QED) is 0.654. The van der Waals surface area contributed by atoms with Gasteiger partial charge < -0.3 is 15.1 Å². The number of aromatic nitrogens is 1. The Morgan fingerprint density at radius 1 is 1.29 bits per heavy atom. The van der Waals surface area contributed by atoms with Crippen molar-refractivity contribution < 1.29 is 4.42 Å². The summed E-state index contributed by atoms with van der Waals surface area (Å²) in [5.74, 6) is 2.28. The Morgan fingerprint density at radius 2 is 2.10 bits per heavy atom. The Kier molecular flexibility index (Phi) is 4.19. The van der Waals surface area contributed by atoms with Crippen molar-refractivity contribution in [2.24, 2.45) is 10.9 Å². The maximum absolute atomic E-state index is 5.51. The zero-order chi connectivity index (χ0) is 14.5. The maximum Gasteiger partial charge on any atom is 0.226 e. The van der Waals surface area contributed by atoms with E-state index in [9.17, 15) is 0 Å². The molecule has 1 saturated carbocycles. The Bertz CT molecular complexity index is 602. The van der Waals surface area contributed by atoms with Gasteiger partial charge in [-0.2, -0.15) is 0 Å². The molecular weight excluding hydrogens is 264 g/mol. The molecule has 2 N–H and O–H groups in total. The van der Waals surface area contributed by atoms with Gasteiger partial charge in [0.25, 0.3) is 0 Å². The summed E-state index contributed by atoms with van der Waals surface area (Å²) in [5.41, 5.74) is 1.85. The Hall–Kier alpha value is -2.30. The van der Waals surface area contributed by atoms with Crippen LogP contribution in [0.25, 0.3) is 11.5 Å². The third kappa shape index (κ3) is 3.84. The van der Waals surface area contributed by atoms with Gasteiger partial charge in [0.1, 0.15) is 6.26 Å². The number of guanidine groups is 1. The molecule has 1 aromatic heterocycles. The third-order valence-corrected chi connectivity index (χ3v) is 3.49. The van der Waals surface area contributed by atoms with E-state index in [1.54, 1.807) is 13.3 Å². The van der Waals surface area contributed by atoms with Crippen molar-refractivity contribution in [1.82, 2.24) is 15.6 Å². The number of aliphatic imine (C=N–C) groups is 1. The second-order valence-electron chi connectivity index (χ2n) is 5.26. The van der Waals surface area contributed by atoms with Crippen LogP contribution in [0, 0.1) is 5.92 Å². The molecule has 0 atom stereocenters. The van der Waals surface area contributed by atoms with E-state index in [2.05, 4.69) is 20.6 Å². The molecule has 110 valence electrons. The SMILES string of the molecule is CN=C(NCc1coc(-c2ccccc2)n1)NCC1CC1. The molecule has 3 rings (SSSR count). The van der Waals surface area contributed by atoms with Crippen LogP contribution in [0.4, 0.5) is 0 Å². The highest BCUT2D eigenvalue weighted by Crippen LogP contribution is 2.27. The van der Waals surface area contributed by atoms with Gasteiger partial charge in [0, 0.05) is 19.2 Å². The summed E-state index contributed by atoms with van der Waals surface area (Å²) in [6, 6.07) is 9.89. The van der Waals surface area contributed by atoms with E-state index in [4.69, 9.17) is 4.42 Å². The summed E-state index contributed by atoms with van der Waals surface area (Å²) in [6.07, 6.45) is 4.34. The third-order valence-electron chi connectivity index (χ3n) is 3.49. The molecule has 5 nitrogen and oxygen atoms in total. The smallest absolute Gasteiger partial charge is 0.226 e. The summed E-state index contributed by atoms with van der Waals surface area (Å²) in [4.78, 5) is 8.69. The van der Waals surface area contributed by atoms with Crippen molar-refractivity contribution in [3.63, 3.8) is 0 Å². The lowest BCUT2D eigenvalue weighted by atomic mass is 10.2. The molecule has 21 heavy (non-hydrogen) atoms. The molecular formula is C16H20N4O. The molecule has 1 aliphatic rings. The van der Waals surface area contributed by atoms with Crippen LogP contribution in [0.1, 0.15) is 18.5 Å². The van der Waals surface area contributed by atoms with E-state index in [1.165, 1.54) is 12.8 Å². The summed E-state index contributed by atoms with van der Waals surface area (Å²) < 4.78 is 5.51. The summed E-state index contributed by atoms with van der Waals surface area (Å²) in [6.45, 7) is 1.59. The fourth-order valence-electron chi connectivity index (χ4n) is 2.06. The first kappa shape index (κ1) is 13.7. The van der Waals surface area contributed by atoms with E-state index in [-0.39, 0.29) is 0 Å². The first-order chi connectivity index (χ1) is 10.3. The minimum atomic E-state index is 0.598. The van der Waals surface area contributed by atoms with Crippen molar-refractivity contribution >= 4 is 5.96 Å². The fraction of sp³-hybridized carbons (Fsp3) is 0.375. The molecule has 0 unspecified atom stereocenters. The first-order valence-electron chi connectivity index (χ1n) is 7.29. The molecule has 0 radical (unpaired) electrons. The zero-order valence-electron chi connectivity index (χ0n) is 12.2. The van der Waals surface area contributed by atoms with E-state index < -0.39 is 0 Å². The van der Waals surface area contributed by atoms with E-state index in [0.29, 0.717) is 12.4 Å². The van der Waals surface area contributed by atoms with Crippen LogP contribution in [0.15, 0.2) is 46.0 Å². The zero-order valence-corrected chi connectivity index (χ0v) is 12.2. The minimum absolute atomic E-state index is 0.598. The Labute approximate surface area is 124 Å². The number of nitrogens with zero attached hydrogens (tertiary/aromatic N) is 2. The molecule has 0 spiro atoms. The van der Waals surface area contributed by atoms with Crippen LogP contribution in [-0.4, -0.2) is 24.5 Å². The number of benzene rings is 1.